The maximum absolute atomic E-state index is 2.42. The van der Waals surface area contributed by atoms with Gasteiger partial charge in [0, 0.05) is 0 Å². The highest BCUT2D eigenvalue weighted by molar-refractivity contribution is 5.33. The Morgan fingerprint density at radius 1 is 1.07 bits per heavy atom. The van der Waals surface area contributed by atoms with E-state index in [1.165, 1.54) is 36.8 Å². The standard InChI is InChI=1S/C15H22/c1-11-8-9-15(13(3)10-11)14-7-5-4-6-12(14)2/h8-10,12,14H,4-7H2,1-3H3. The Morgan fingerprint density at radius 2 is 1.80 bits per heavy atom. The minimum Gasteiger partial charge on any atom is -0.0619 e. The molecule has 1 aromatic rings. The normalized spacial score (nSPS) is 26.6. The maximum Gasteiger partial charge on any atom is -0.0134 e. The highest BCUT2D eigenvalue weighted by Crippen LogP contribution is 2.38. The third-order valence-electron chi connectivity index (χ3n) is 3.94. The predicted molar refractivity (Wildman–Crippen MR) is 66.3 cm³/mol. The summed E-state index contributed by atoms with van der Waals surface area (Å²) in [5.74, 6) is 1.69. The highest BCUT2D eigenvalue weighted by atomic mass is 14.3. The van der Waals surface area contributed by atoms with Crippen LogP contribution in [0.3, 0.4) is 0 Å². The van der Waals surface area contributed by atoms with Gasteiger partial charge < -0.3 is 0 Å². The Morgan fingerprint density at radius 3 is 2.47 bits per heavy atom. The molecule has 1 aromatic carbocycles. The summed E-state index contributed by atoms with van der Waals surface area (Å²) in [6.07, 6.45) is 5.66. The number of rotatable bonds is 1. The Balaban J connectivity index is 2.27. The van der Waals surface area contributed by atoms with Gasteiger partial charge in [-0.05, 0) is 43.2 Å². The molecule has 1 aliphatic carbocycles. The maximum atomic E-state index is 2.42. The van der Waals surface area contributed by atoms with Crippen molar-refractivity contribution in [2.75, 3.05) is 0 Å². The molecule has 1 saturated carbocycles. The van der Waals surface area contributed by atoms with Gasteiger partial charge in [0.05, 0.1) is 0 Å². The Labute approximate surface area is 93.7 Å². The molecule has 0 heteroatoms. The molecule has 1 aliphatic rings. The SMILES string of the molecule is Cc1ccc(C2CCCCC2C)c(C)c1. The first-order valence-electron chi connectivity index (χ1n) is 6.25. The molecule has 82 valence electrons. The summed E-state index contributed by atoms with van der Waals surface area (Å²) >= 11 is 0. The topological polar surface area (TPSA) is 0 Å². The number of hydrogen-bond acceptors (Lipinski definition) is 0. The lowest BCUT2D eigenvalue weighted by Crippen LogP contribution is -2.15. The van der Waals surface area contributed by atoms with E-state index in [4.69, 9.17) is 0 Å². The van der Waals surface area contributed by atoms with Crippen LogP contribution in [0.4, 0.5) is 0 Å². The van der Waals surface area contributed by atoms with Crippen molar-refractivity contribution < 1.29 is 0 Å². The van der Waals surface area contributed by atoms with Crippen LogP contribution in [0.5, 0.6) is 0 Å². The fourth-order valence-corrected chi connectivity index (χ4v) is 3.02. The summed E-state index contributed by atoms with van der Waals surface area (Å²) in [6, 6.07) is 6.96. The Bertz CT molecular complexity index is 338. The molecular formula is C15H22. The molecule has 0 saturated heterocycles. The van der Waals surface area contributed by atoms with Crippen molar-refractivity contribution in [2.24, 2.45) is 5.92 Å². The fourth-order valence-electron chi connectivity index (χ4n) is 3.02. The second-order valence-electron chi connectivity index (χ2n) is 5.23. The minimum atomic E-state index is 0.819. The molecule has 0 heterocycles. The predicted octanol–water partition coefficient (Wildman–Crippen LogP) is 4.60. The van der Waals surface area contributed by atoms with Crippen molar-refractivity contribution in [3.63, 3.8) is 0 Å². The van der Waals surface area contributed by atoms with Crippen molar-refractivity contribution in [3.05, 3.63) is 34.9 Å². The molecule has 0 aromatic heterocycles. The highest BCUT2D eigenvalue weighted by Gasteiger charge is 2.23. The van der Waals surface area contributed by atoms with E-state index in [9.17, 15) is 0 Å². The molecule has 2 unspecified atom stereocenters. The molecule has 0 nitrogen and oxygen atoms in total. The van der Waals surface area contributed by atoms with Crippen LogP contribution in [-0.2, 0) is 0 Å². The number of hydrogen-bond donors (Lipinski definition) is 0. The lowest BCUT2D eigenvalue weighted by molar-refractivity contribution is 0.330. The van der Waals surface area contributed by atoms with E-state index < -0.39 is 0 Å². The molecular weight excluding hydrogens is 180 g/mol. The first kappa shape index (κ1) is 10.7. The molecule has 1 fully saturated rings. The minimum absolute atomic E-state index is 0.819. The van der Waals surface area contributed by atoms with E-state index in [1.807, 2.05) is 0 Å². The zero-order valence-electron chi connectivity index (χ0n) is 10.2. The van der Waals surface area contributed by atoms with E-state index >= 15 is 0 Å². The van der Waals surface area contributed by atoms with Crippen molar-refractivity contribution in [2.45, 2.75) is 52.4 Å². The zero-order valence-corrected chi connectivity index (χ0v) is 10.2. The zero-order chi connectivity index (χ0) is 10.8. The third kappa shape index (κ3) is 2.25. The van der Waals surface area contributed by atoms with Crippen molar-refractivity contribution >= 4 is 0 Å². The average molecular weight is 202 g/mol. The second-order valence-corrected chi connectivity index (χ2v) is 5.23. The second kappa shape index (κ2) is 4.38. The van der Waals surface area contributed by atoms with E-state index in [0.717, 1.165) is 11.8 Å². The third-order valence-corrected chi connectivity index (χ3v) is 3.94. The van der Waals surface area contributed by atoms with Gasteiger partial charge in [-0.25, -0.2) is 0 Å². The van der Waals surface area contributed by atoms with Gasteiger partial charge in [-0.15, -0.1) is 0 Å². The summed E-state index contributed by atoms with van der Waals surface area (Å²) < 4.78 is 0. The summed E-state index contributed by atoms with van der Waals surface area (Å²) in [7, 11) is 0. The van der Waals surface area contributed by atoms with Crippen LogP contribution in [0.25, 0.3) is 0 Å². The lowest BCUT2D eigenvalue weighted by Gasteiger charge is -2.30. The molecule has 2 atom stereocenters. The van der Waals surface area contributed by atoms with E-state index in [-0.39, 0.29) is 0 Å². The lowest BCUT2D eigenvalue weighted by atomic mass is 9.75. The molecule has 0 bridgehead atoms. The van der Waals surface area contributed by atoms with Gasteiger partial charge in [0.2, 0.25) is 0 Å². The Hall–Kier alpha value is -0.780. The van der Waals surface area contributed by atoms with Crippen LogP contribution in [0.2, 0.25) is 0 Å². The van der Waals surface area contributed by atoms with E-state index in [1.54, 1.807) is 5.56 Å². The van der Waals surface area contributed by atoms with Crippen LogP contribution < -0.4 is 0 Å². The first-order chi connectivity index (χ1) is 7.18. The molecule has 2 rings (SSSR count). The van der Waals surface area contributed by atoms with Crippen molar-refractivity contribution in [1.29, 1.82) is 0 Å². The summed E-state index contributed by atoms with van der Waals surface area (Å²) in [5.41, 5.74) is 4.49. The first-order valence-corrected chi connectivity index (χ1v) is 6.25. The summed E-state index contributed by atoms with van der Waals surface area (Å²) in [5, 5.41) is 0. The van der Waals surface area contributed by atoms with Crippen LogP contribution >= 0.6 is 0 Å². The smallest absolute Gasteiger partial charge is 0.0134 e. The number of aryl methyl sites for hydroxylation is 2. The molecule has 0 aliphatic heterocycles. The van der Waals surface area contributed by atoms with Gasteiger partial charge in [0.25, 0.3) is 0 Å². The van der Waals surface area contributed by atoms with Crippen molar-refractivity contribution in [3.8, 4) is 0 Å². The van der Waals surface area contributed by atoms with E-state index in [0.29, 0.717) is 0 Å². The fraction of sp³-hybridized carbons (Fsp3) is 0.600. The van der Waals surface area contributed by atoms with Gasteiger partial charge >= 0.3 is 0 Å². The molecule has 0 amide bonds. The van der Waals surface area contributed by atoms with E-state index in [2.05, 4.69) is 39.0 Å². The molecule has 15 heavy (non-hydrogen) atoms. The van der Waals surface area contributed by atoms with Crippen LogP contribution in [0.1, 0.15) is 55.2 Å². The summed E-state index contributed by atoms with van der Waals surface area (Å²) in [4.78, 5) is 0. The average Bonchev–Trinajstić information content (AvgIpc) is 2.20. The van der Waals surface area contributed by atoms with Crippen LogP contribution in [0, 0.1) is 19.8 Å². The molecule has 0 N–H and O–H groups in total. The monoisotopic (exact) mass is 202 g/mol. The van der Waals surface area contributed by atoms with Gasteiger partial charge in [-0.1, -0.05) is 49.9 Å². The molecule has 0 spiro atoms. The molecule has 0 radical (unpaired) electrons. The quantitative estimate of drug-likeness (QED) is 0.624. The Kier molecular flexibility index (Phi) is 3.14. The van der Waals surface area contributed by atoms with Gasteiger partial charge in [0.1, 0.15) is 0 Å². The van der Waals surface area contributed by atoms with Gasteiger partial charge in [-0.2, -0.15) is 0 Å². The van der Waals surface area contributed by atoms with Crippen molar-refractivity contribution in [1.82, 2.24) is 0 Å². The summed E-state index contributed by atoms with van der Waals surface area (Å²) in [6.45, 7) is 6.87. The van der Waals surface area contributed by atoms with Gasteiger partial charge in [-0.3, -0.25) is 0 Å². The van der Waals surface area contributed by atoms with Crippen LogP contribution in [-0.4, -0.2) is 0 Å². The largest absolute Gasteiger partial charge is 0.0619 e. The van der Waals surface area contributed by atoms with Gasteiger partial charge in [0.15, 0.2) is 0 Å². The van der Waals surface area contributed by atoms with Crippen LogP contribution in [0.15, 0.2) is 18.2 Å². The number of benzene rings is 1.